The van der Waals surface area contributed by atoms with Gasteiger partial charge in [-0.2, -0.15) is 0 Å². The van der Waals surface area contributed by atoms with Gasteiger partial charge in [0.2, 0.25) is 5.43 Å². The summed E-state index contributed by atoms with van der Waals surface area (Å²) in [5, 5.41) is 12.3. The largest absolute Gasteiger partial charge is 0.502 e. The van der Waals surface area contributed by atoms with E-state index >= 15 is 0 Å². The van der Waals surface area contributed by atoms with Crippen LogP contribution in [0.2, 0.25) is 0 Å². The lowest BCUT2D eigenvalue weighted by Crippen LogP contribution is -2.55. The summed E-state index contributed by atoms with van der Waals surface area (Å²) in [5.74, 6) is -3.42. The summed E-state index contributed by atoms with van der Waals surface area (Å²) in [6, 6.07) is 3.07. The lowest BCUT2D eigenvalue weighted by molar-refractivity contribution is 0.0459. The van der Waals surface area contributed by atoms with Crippen LogP contribution in [0.4, 0.5) is 8.78 Å². The van der Waals surface area contributed by atoms with Gasteiger partial charge < -0.3 is 14.7 Å². The zero-order valence-electron chi connectivity index (χ0n) is 18.2. The molecule has 2 aliphatic heterocycles. The standard InChI is InChI=1S/C23H25F2N3O5/c1-2-27-13-26(11-16-4-3-9-33-16)23(32)20-22(31)21(30)17(12-28(20)27)19(29)8-6-14-5-7-15(24)10-18(14)25/h5,7,10,12,16,31H,2-4,6,8-9,11,13H2,1H3/t16-/m0/s1. The molecule has 1 aromatic carbocycles. The van der Waals surface area contributed by atoms with Crippen LogP contribution in [-0.4, -0.2) is 58.8 Å². The first kappa shape index (κ1) is 22.9. The van der Waals surface area contributed by atoms with Gasteiger partial charge in [-0.1, -0.05) is 6.07 Å². The van der Waals surface area contributed by atoms with Crippen LogP contribution in [0.3, 0.4) is 0 Å². The van der Waals surface area contributed by atoms with Crippen molar-refractivity contribution in [3.05, 3.63) is 63.1 Å². The van der Waals surface area contributed by atoms with E-state index in [0.29, 0.717) is 19.7 Å². The van der Waals surface area contributed by atoms with E-state index in [9.17, 15) is 28.3 Å². The van der Waals surface area contributed by atoms with Crippen molar-refractivity contribution in [2.75, 3.05) is 31.4 Å². The van der Waals surface area contributed by atoms with Crippen LogP contribution in [0.5, 0.6) is 5.75 Å². The maximum atomic E-state index is 13.9. The van der Waals surface area contributed by atoms with Gasteiger partial charge in [0.15, 0.2) is 17.2 Å². The van der Waals surface area contributed by atoms with Crippen molar-refractivity contribution in [1.82, 2.24) is 9.58 Å². The maximum Gasteiger partial charge on any atom is 0.277 e. The first-order chi connectivity index (χ1) is 15.8. The van der Waals surface area contributed by atoms with Gasteiger partial charge in [-0.3, -0.25) is 24.1 Å². The Balaban J connectivity index is 1.60. The number of ketones is 1. The molecule has 0 unspecified atom stereocenters. The molecule has 8 nitrogen and oxygen atoms in total. The van der Waals surface area contributed by atoms with Crippen LogP contribution < -0.4 is 10.4 Å². The highest BCUT2D eigenvalue weighted by atomic mass is 19.1. The topological polar surface area (TPSA) is 92.1 Å². The molecule has 10 heteroatoms. The van der Waals surface area contributed by atoms with Crippen molar-refractivity contribution >= 4 is 11.7 Å². The quantitative estimate of drug-likeness (QED) is 0.636. The number of carbonyl (C=O) groups excluding carboxylic acids is 2. The molecule has 0 aliphatic carbocycles. The third-order valence-corrected chi connectivity index (χ3v) is 6.04. The van der Waals surface area contributed by atoms with Crippen molar-refractivity contribution in [3.63, 3.8) is 0 Å². The summed E-state index contributed by atoms with van der Waals surface area (Å²) >= 11 is 0. The second-order valence-electron chi connectivity index (χ2n) is 8.20. The van der Waals surface area contributed by atoms with E-state index in [4.69, 9.17) is 4.74 Å². The highest BCUT2D eigenvalue weighted by Gasteiger charge is 2.35. The SMILES string of the molecule is CCN1CN(C[C@@H]2CCCO2)C(=O)c2c(O)c(=O)c(C(=O)CCc3ccc(F)cc3F)cn21. The van der Waals surface area contributed by atoms with Gasteiger partial charge in [-0.05, 0) is 37.8 Å². The summed E-state index contributed by atoms with van der Waals surface area (Å²) < 4.78 is 33.9. The number of pyridine rings is 1. The highest BCUT2D eigenvalue weighted by molar-refractivity contribution is 6.00. The number of aryl methyl sites for hydroxylation is 1. The van der Waals surface area contributed by atoms with Crippen molar-refractivity contribution in [1.29, 1.82) is 0 Å². The third kappa shape index (κ3) is 4.47. The second kappa shape index (κ2) is 9.30. The molecular formula is C23H25F2N3O5. The molecule has 0 saturated carbocycles. The van der Waals surface area contributed by atoms with Gasteiger partial charge in [0.1, 0.15) is 18.3 Å². The number of aromatic hydroxyl groups is 1. The summed E-state index contributed by atoms with van der Waals surface area (Å²) in [7, 11) is 0. The number of hydrogen-bond donors (Lipinski definition) is 1. The average Bonchev–Trinajstić information content (AvgIpc) is 3.30. The minimum absolute atomic E-state index is 0.0432. The van der Waals surface area contributed by atoms with E-state index in [2.05, 4.69) is 0 Å². The molecule has 33 heavy (non-hydrogen) atoms. The van der Waals surface area contributed by atoms with Crippen LogP contribution in [0.15, 0.2) is 29.2 Å². The van der Waals surface area contributed by atoms with Gasteiger partial charge in [0, 0.05) is 38.4 Å². The molecule has 4 rings (SSSR count). The number of ether oxygens (including phenoxy) is 1. The Labute approximate surface area is 188 Å². The Bertz CT molecular complexity index is 1140. The molecule has 176 valence electrons. The molecule has 0 bridgehead atoms. The number of carbonyl (C=O) groups is 2. The molecule has 1 saturated heterocycles. The van der Waals surface area contributed by atoms with Crippen molar-refractivity contribution < 1.29 is 28.2 Å². The molecule has 1 atom stereocenters. The van der Waals surface area contributed by atoms with Crippen LogP contribution in [0, 0.1) is 11.6 Å². The molecule has 2 aliphatic rings. The predicted octanol–water partition coefficient (Wildman–Crippen LogP) is 2.20. The monoisotopic (exact) mass is 461 g/mol. The van der Waals surface area contributed by atoms with Gasteiger partial charge in [0.25, 0.3) is 5.91 Å². The number of rotatable bonds is 7. The van der Waals surface area contributed by atoms with Crippen LogP contribution >= 0.6 is 0 Å². The summed E-state index contributed by atoms with van der Waals surface area (Å²) in [5.41, 5.74) is -1.30. The Kier molecular flexibility index (Phi) is 6.46. The van der Waals surface area contributed by atoms with Gasteiger partial charge >= 0.3 is 0 Å². The van der Waals surface area contributed by atoms with Crippen LogP contribution in [-0.2, 0) is 11.2 Å². The lowest BCUT2D eigenvalue weighted by Gasteiger charge is -2.40. The normalized spacial score (nSPS) is 18.0. The van der Waals surface area contributed by atoms with Gasteiger partial charge in [0.05, 0.1) is 11.7 Å². The van der Waals surface area contributed by atoms with E-state index in [0.717, 1.165) is 25.0 Å². The van der Waals surface area contributed by atoms with E-state index in [1.54, 1.807) is 5.01 Å². The molecule has 1 N–H and O–H groups in total. The highest BCUT2D eigenvalue weighted by Crippen LogP contribution is 2.24. The second-order valence-corrected chi connectivity index (χ2v) is 8.20. The maximum absolute atomic E-state index is 13.9. The van der Waals surface area contributed by atoms with Crippen molar-refractivity contribution in [2.24, 2.45) is 0 Å². The van der Waals surface area contributed by atoms with E-state index in [1.807, 2.05) is 6.92 Å². The molecular weight excluding hydrogens is 436 g/mol. The van der Waals surface area contributed by atoms with Crippen LogP contribution in [0.1, 0.15) is 52.6 Å². The number of nitrogens with zero attached hydrogens (tertiary/aromatic N) is 3. The molecule has 1 amide bonds. The Hall–Kier alpha value is -3.27. The fourth-order valence-electron chi connectivity index (χ4n) is 4.22. The number of Topliss-reactive ketones (excluding diaryl/α,β-unsaturated/α-hetero) is 1. The fraction of sp³-hybridized carbons (Fsp3) is 0.435. The van der Waals surface area contributed by atoms with Crippen molar-refractivity contribution in [3.8, 4) is 5.75 Å². The number of fused-ring (bicyclic) bond motifs is 1. The number of benzene rings is 1. The van der Waals surface area contributed by atoms with Crippen molar-refractivity contribution in [2.45, 2.75) is 38.7 Å². The molecule has 2 aromatic rings. The molecule has 1 fully saturated rings. The van der Waals surface area contributed by atoms with Gasteiger partial charge in [-0.25, -0.2) is 8.78 Å². The lowest BCUT2D eigenvalue weighted by atomic mass is 10.0. The summed E-state index contributed by atoms with van der Waals surface area (Å²) in [6.07, 6.45) is 2.64. The minimum Gasteiger partial charge on any atom is -0.502 e. The average molecular weight is 461 g/mol. The number of amides is 1. The van der Waals surface area contributed by atoms with E-state index < -0.39 is 34.5 Å². The first-order valence-electron chi connectivity index (χ1n) is 10.9. The Morgan fingerprint density at radius 3 is 2.73 bits per heavy atom. The smallest absolute Gasteiger partial charge is 0.277 e. The Morgan fingerprint density at radius 1 is 1.27 bits per heavy atom. The Morgan fingerprint density at radius 2 is 2.06 bits per heavy atom. The van der Waals surface area contributed by atoms with E-state index in [-0.39, 0.29) is 42.4 Å². The summed E-state index contributed by atoms with van der Waals surface area (Å²) in [6.45, 7) is 3.47. The fourth-order valence-corrected chi connectivity index (χ4v) is 4.22. The molecule has 3 heterocycles. The molecule has 0 spiro atoms. The van der Waals surface area contributed by atoms with Gasteiger partial charge in [-0.15, -0.1) is 0 Å². The summed E-state index contributed by atoms with van der Waals surface area (Å²) in [4.78, 5) is 40.1. The zero-order chi connectivity index (χ0) is 23.7. The number of hydrogen-bond acceptors (Lipinski definition) is 6. The molecule has 0 radical (unpaired) electrons. The number of aromatic nitrogens is 1. The zero-order valence-corrected chi connectivity index (χ0v) is 18.2. The third-order valence-electron chi connectivity index (χ3n) is 6.04. The number of halogens is 2. The van der Waals surface area contributed by atoms with E-state index in [1.165, 1.54) is 21.8 Å². The molecule has 1 aromatic heterocycles. The first-order valence-corrected chi connectivity index (χ1v) is 10.9. The minimum atomic E-state index is -0.950. The predicted molar refractivity (Wildman–Crippen MR) is 115 cm³/mol. The van der Waals surface area contributed by atoms with Crippen LogP contribution in [0.25, 0.3) is 0 Å².